The van der Waals surface area contributed by atoms with Gasteiger partial charge < -0.3 is 10.4 Å². The van der Waals surface area contributed by atoms with Crippen molar-refractivity contribution in [3.05, 3.63) is 47.2 Å². The van der Waals surface area contributed by atoms with Crippen LogP contribution in [0.4, 0.5) is 0 Å². The van der Waals surface area contributed by atoms with Crippen LogP contribution < -0.4 is 5.32 Å². The van der Waals surface area contributed by atoms with Crippen LogP contribution in [0.3, 0.4) is 0 Å². The Morgan fingerprint density at radius 1 is 1.33 bits per heavy atom. The Hall–Kier alpha value is -1.99. The summed E-state index contributed by atoms with van der Waals surface area (Å²) in [4.78, 5) is 24.1. The van der Waals surface area contributed by atoms with Gasteiger partial charge in [-0.15, -0.1) is 0 Å². The van der Waals surface area contributed by atoms with Crippen molar-refractivity contribution in [1.82, 2.24) is 15.1 Å². The van der Waals surface area contributed by atoms with Gasteiger partial charge in [0.2, 0.25) is 0 Å². The maximum atomic E-state index is 12.5. The van der Waals surface area contributed by atoms with Crippen LogP contribution in [-0.2, 0) is 4.79 Å². The number of nitrogens with one attached hydrogen (secondary N) is 1. The molecule has 1 amide bonds. The minimum atomic E-state index is -1.19. The topological polar surface area (TPSA) is 84.2 Å². The number of carbonyl (C=O) groups is 2. The molecule has 1 aliphatic heterocycles. The van der Waals surface area contributed by atoms with Gasteiger partial charge in [0.25, 0.3) is 5.91 Å². The van der Waals surface area contributed by atoms with E-state index in [0.717, 1.165) is 5.69 Å². The van der Waals surface area contributed by atoms with Gasteiger partial charge >= 0.3 is 5.97 Å². The Balaban J connectivity index is 1.79. The molecule has 2 heterocycles. The third-order valence-corrected chi connectivity index (χ3v) is 5.25. The van der Waals surface area contributed by atoms with Crippen molar-refractivity contribution in [2.45, 2.75) is 18.4 Å². The molecule has 8 heteroatoms. The number of rotatable bonds is 4. The molecule has 1 aromatic carbocycles. The number of nitrogens with zero attached hydrogens (tertiary/aromatic N) is 2. The van der Waals surface area contributed by atoms with E-state index >= 15 is 0 Å². The second-order valence-corrected chi connectivity index (χ2v) is 7.27. The first-order chi connectivity index (χ1) is 11.5. The van der Waals surface area contributed by atoms with Crippen molar-refractivity contribution in [2.24, 2.45) is 0 Å². The van der Waals surface area contributed by atoms with Gasteiger partial charge in [0, 0.05) is 11.2 Å². The molecule has 0 radical (unpaired) electrons. The quantitative estimate of drug-likeness (QED) is 0.870. The maximum absolute atomic E-state index is 12.5. The van der Waals surface area contributed by atoms with Crippen LogP contribution in [0.1, 0.15) is 23.2 Å². The largest absolute Gasteiger partial charge is 0.480 e. The summed E-state index contributed by atoms with van der Waals surface area (Å²) in [6.45, 7) is 0. The van der Waals surface area contributed by atoms with E-state index in [0.29, 0.717) is 34.9 Å². The second-order valence-electron chi connectivity index (χ2n) is 5.61. The van der Waals surface area contributed by atoms with Crippen LogP contribution in [0.15, 0.2) is 36.7 Å². The first-order valence-electron chi connectivity index (χ1n) is 7.44. The maximum Gasteiger partial charge on any atom is 0.329 e. The molecule has 0 bridgehead atoms. The highest BCUT2D eigenvalue weighted by atomic mass is 35.5. The van der Waals surface area contributed by atoms with E-state index in [1.165, 1.54) is 10.9 Å². The molecule has 3 rings (SSSR count). The summed E-state index contributed by atoms with van der Waals surface area (Å²) < 4.78 is 1.53. The molecular weight excluding hydrogens is 350 g/mol. The van der Waals surface area contributed by atoms with Gasteiger partial charge in [-0.25, -0.2) is 9.48 Å². The normalized spacial score (nSPS) is 16.5. The first kappa shape index (κ1) is 16.9. The molecule has 2 N–H and O–H groups in total. The van der Waals surface area contributed by atoms with E-state index in [2.05, 4.69) is 10.4 Å². The monoisotopic (exact) mass is 365 g/mol. The van der Waals surface area contributed by atoms with Crippen molar-refractivity contribution in [3.8, 4) is 5.69 Å². The van der Waals surface area contributed by atoms with Gasteiger partial charge in [0.15, 0.2) is 0 Å². The van der Waals surface area contributed by atoms with Gasteiger partial charge in [0.1, 0.15) is 5.54 Å². The van der Waals surface area contributed by atoms with E-state index in [9.17, 15) is 14.7 Å². The van der Waals surface area contributed by atoms with Crippen molar-refractivity contribution in [2.75, 3.05) is 11.5 Å². The number of hydrogen-bond acceptors (Lipinski definition) is 4. The van der Waals surface area contributed by atoms with Gasteiger partial charge in [-0.1, -0.05) is 17.7 Å². The predicted octanol–water partition coefficient (Wildman–Crippen LogP) is 2.61. The van der Waals surface area contributed by atoms with Crippen LogP contribution in [0, 0.1) is 0 Å². The number of aromatic nitrogens is 2. The number of benzene rings is 1. The van der Waals surface area contributed by atoms with E-state index < -0.39 is 17.4 Å². The molecule has 0 aliphatic carbocycles. The summed E-state index contributed by atoms with van der Waals surface area (Å²) in [5.41, 5.74) is -0.155. The van der Waals surface area contributed by atoms with Crippen LogP contribution in [0.5, 0.6) is 0 Å². The molecule has 1 saturated heterocycles. The molecule has 6 nitrogen and oxygen atoms in total. The zero-order chi connectivity index (χ0) is 17.2. The van der Waals surface area contributed by atoms with Crippen LogP contribution >= 0.6 is 23.4 Å². The molecule has 2 aromatic rings. The van der Waals surface area contributed by atoms with Crippen molar-refractivity contribution >= 4 is 35.2 Å². The summed E-state index contributed by atoms with van der Waals surface area (Å²) in [6, 6.07) is 7.09. The number of carboxylic acids is 1. The Morgan fingerprint density at radius 3 is 2.75 bits per heavy atom. The molecule has 0 unspecified atom stereocenters. The lowest BCUT2D eigenvalue weighted by molar-refractivity contribution is -0.144. The zero-order valence-corrected chi connectivity index (χ0v) is 14.3. The third-order valence-electron chi connectivity index (χ3n) is 4.03. The molecule has 1 aromatic heterocycles. The van der Waals surface area contributed by atoms with E-state index in [1.807, 2.05) is 6.07 Å². The van der Waals surface area contributed by atoms with Crippen molar-refractivity contribution < 1.29 is 14.7 Å². The van der Waals surface area contributed by atoms with Crippen LogP contribution in [0.2, 0.25) is 5.02 Å². The Labute approximate surface area is 148 Å². The lowest BCUT2D eigenvalue weighted by atomic mass is 9.92. The molecule has 1 aliphatic rings. The minimum absolute atomic E-state index is 0.314. The van der Waals surface area contributed by atoms with Gasteiger partial charge in [-0.2, -0.15) is 16.9 Å². The molecule has 24 heavy (non-hydrogen) atoms. The minimum Gasteiger partial charge on any atom is -0.480 e. The number of amides is 1. The highest BCUT2D eigenvalue weighted by Crippen LogP contribution is 2.28. The summed E-state index contributed by atoms with van der Waals surface area (Å²) in [6.07, 6.45) is 3.82. The van der Waals surface area contributed by atoms with Gasteiger partial charge in [-0.3, -0.25) is 4.79 Å². The molecule has 0 spiro atoms. The Morgan fingerprint density at radius 2 is 2.08 bits per heavy atom. The Kier molecular flexibility index (Phi) is 4.82. The lowest BCUT2D eigenvalue weighted by Crippen LogP contribution is -2.56. The average molecular weight is 366 g/mol. The first-order valence-corrected chi connectivity index (χ1v) is 8.98. The summed E-state index contributed by atoms with van der Waals surface area (Å²) in [5, 5.41) is 17.0. The number of thioether (sulfide) groups is 1. The number of aliphatic carboxylic acids is 1. The van der Waals surface area contributed by atoms with Crippen LogP contribution in [0.25, 0.3) is 5.69 Å². The SMILES string of the molecule is O=C(NC1(C(=O)O)CCSCC1)c1cnn(-c2cccc(Cl)c2)c1. The second kappa shape index (κ2) is 6.86. The van der Waals surface area contributed by atoms with Gasteiger partial charge in [-0.05, 0) is 42.5 Å². The zero-order valence-electron chi connectivity index (χ0n) is 12.7. The predicted molar refractivity (Wildman–Crippen MR) is 93.0 cm³/mol. The summed E-state index contributed by atoms with van der Waals surface area (Å²) in [7, 11) is 0. The number of carboxylic acid groups (broad SMARTS) is 1. The fourth-order valence-electron chi connectivity index (χ4n) is 2.60. The molecular formula is C16H16ClN3O3S. The fourth-order valence-corrected chi connectivity index (χ4v) is 3.98. The molecule has 0 saturated carbocycles. The van der Waals surface area contributed by atoms with E-state index in [-0.39, 0.29) is 0 Å². The van der Waals surface area contributed by atoms with Crippen molar-refractivity contribution in [3.63, 3.8) is 0 Å². The van der Waals surface area contributed by atoms with Crippen LogP contribution in [-0.4, -0.2) is 43.8 Å². The lowest BCUT2D eigenvalue weighted by Gasteiger charge is -2.33. The van der Waals surface area contributed by atoms with Gasteiger partial charge in [0.05, 0.1) is 17.4 Å². The number of carbonyl (C=O) groups excluding carboxylic acids is 1. The highest BCUT2D eigenvalue weighted by molar-refractivity contribution is 7.99. The average Bonchev–Trinajstić information content (AvgIpc) is 3.06. The standard InChI is InChI=1S/C16H16ClN3O3S/c17-12-2-1-3-13(8-12)20-10-11(9-18-20)14(21)19-16(15(22)23)4-6-24-7-5-16/h1-3,8-10H,4-7H2,(H,19,21)(H,22,23). The van der Waals surface area contributed by atoms with E-state index in [4.69, 9.17) is 11.6 Å². The molecule has 0 atom stereocenters. The van der Waals surface area contributed by atoms with Crippen molar-refractivity contribution in [1.29, 1.82) is 0 Å². The molecule has 1 fully saturated rings. The third kappa shape index (κ3) is 3.42. The number of hydrogen-bond donors (Lipinski definition) is 2. The summed E-state index contributed by atoms with van der Waals surface area (Å²) >= 11 is 7.66. The molecule has 126 valence electrons. The smallest absolute Gasteiger partial charge is 0.329 e. The Bertz CT molecular complexity index is 771. The number of halogens is 1. The summed E-state index contributed by atoms with van der Waals surface area (Å²) in [5.74, 6) is 0.0128. The highest BCUT2D eigenvalue weighted by Gasteiger charge is 2.41. The van der Waals surface area contributed by atoms with E-state index in [1.54, 1.807) is 36.2 Å². The fraction of sp³-hybridized carbons (Fsp3) is 0.312.